The van der Waals surface area contributed by atoms with E-state index in [4.69, 9.17) is 4.74 Å². The van der Waals surface area contributed by atoms with Gasteiger partial charge in [0.25, 0.3) is 0 Å². The number of hydrogen-bond donors (Lipinski definition) is 2. The van der Waals surface area contributed by atoms with Gasteiger partial charge in [0.2, 0.25) is 11.8 Å². The Hall–Kier alpha value is -3.09. The van der Waals surface area contributed by atoms with Gasteiger partial charge in [0.15, 0.2) is 0 Å². The van der Waals surface area contributed by atoms with Crippen LogP contribution in [0.1, 0.15) is 24.0 Å². The Morgan fingerprint density at radius 2 is 2.00 bits per heavy atom. The minimum Gasteiger partial charge on any atom is -0.468 e. The molecule has 2 aromatic rings. The van der Waals surface area contributed by atoms with Gasteiger partial charge in [-0.15, -0.1) is 0 Å². The number of carbonyl (C=O) groups is 3. The van der Waals surface area contributed by atoms with Crippen molar-refractivity contribution in [1.29, 1.82) is 5.26 Å². The van der Waals surface area contributed by atoms with Crippen LogP contribution in [-0.2, 0) is 25.5 Å². The largest absolute Gasteiger partial charge is 0.468 e. The maximum absolute atomic E-state index is 12.9. The van der Waals surface area contributed by atoms with Crippen LogP contribution in [0, 0.1) is 17.2 Å². The molecule has 0 saturated heterocycles. The van der Waals surface area contributed by atoms with Gasteiger partial charge in [0, 0.05) is 16.1 Å². The van der Waals surface area contributed by atoms with Gasteiger partial charge in [-0.3, -0.25) is 14.4 Å². The quantitative estimate of drug-likeness (QED) is 0.414. The van der Waals surface area contributed by atoms with Gasteiger partial charge < -0.3 is 15.4 Å². The van der Waals surface area contributed by atoms with Gasteiger partial charge in [-0.05, 0) is 35.7 Å². The molecule has 33 heavy (non-hydrogen) atoms. The molecule has 0 bridgehead atoms. The van der Waals surface area contributed by atoms with Crippen molar-refractivity contribution in [3.8, 4) is 6.07 Å². The zero-order chi connectivity index (χ0) is 24.0. The summed E-state index contributed by atoms with van der Waals surface area (Å²) in [5.74, 6) is -3.65. The molecule has 2 amide bonds. The lowest BCUT2D eigenvalue weighted by atomic mass is 9.78. The van der Waals surface area contributed by atoms with Crippen molar-refractivity contribution in [1.82, 2.24) is 5.32 Å². The van der Waals surface area contributed by atoms with Crippen molar-refractivity contribution in [2.45, 2.75) is 19.3 Å². The molecule has 0 fully saturated rings. The third kappa shape index (κ3) is 5.64. The summed E-state index contributed by atoms with van der Waals surface area (Å²) in [6.07, 6.45) is 0.770. The smallest absolute Gasteiger partial charge is 0.319 e. The summed E-state index contributed by atoms with van der Waals surface area (Å²) >= 11 is 4.44. The van der Waals surface area contributed by atoms with E-state index in [1.54, 1.807) is 18.2 Å². The van der Waals surface area contributed by atoms with E-state index in [9.17, 15) is 19.6 Å². The van der Waals surface area contributed by atoms with Gasteiger partial charge in [-0.1, -0.05) is 64.9 Å². The number of hydrogen-bond acceptors (Lipinski definition) is 6. The number of methoxy groups -OCH3 is 1. The van der Waals surface area contributed by atoms with E-state index in [2.05, 4.69) is 32.6 Å². The number of rotatable bonds is 7. The summed E-state index contributed by atoms with van der Waals surface area (Å²) in [6, 6.07) is 16.7. The van der Waals surface area contributed by atoms with Crippen molar-refractivity contribution in [2.75, 3.05) is 18.2 Å². The molecule has 0 unspecified atom stereocenters. The number of carbonyl (C=O) groups excluding carboxylic acids is 3. The Labute approximate surface area is 204 Å². The van der Waals surface area contributed by atoms with Crippen LogP contribution in [-0.4, -0.2) is 30.6 Å². The Balaban J connectivity index is 1.89. The highest BCUT2D eigenvalue weighted by Gasteiger charge is 2.44. The number of halogens is 1. The van der Waals surface area contributed by atoms with Crippen LogP contribution < -0.4 is 10.6 Å². The number of thioether (sulfide) groups is 1. The first-order chi connectivity index (χ1) is 15.9. The van der Waals surface area contributed by atoms with Crippen LogP contribution in [0.15, 0.2) is 63.6 Å². The SMILES string of the molecule is CCc1ccccc1NC(=O)CSC1=C(C#N)[C@@H](c2cccc(Br)c2)[C@@H](C(=O)OC)C(=O)N1. The number of amides is 2. The average Bonchev–Trinajstić information content (AvgIpc) is 2.82. The molecule has 0 aliphatic carbocycles. The molecule has 0 saturated carbocycles. The van der Waals surface area contributed by atoms with Gasteiger partial charge in [0.1, 0.15) is 5.92 Å². The molecule has 0 spiro atoms. The van der Waals surface area contributed by atoms with Gasteiger partial charge in [-0.25, -0.2) is 0 Å². The first kappa shape index (κ1) is 24.6. The van der Waals surface area contributed by atoms with Crippen LogP contribution in [0.4, 0.5) is 5.69 Å². The van der Waals surface area contributed by atoms with E-state index in [0.29, 0.717) is 5.56 Å². The molecule has 1 aliphatic rings. The number of anilines is 1. The zero-order valence-electron chi connectivity index (χ0n) is 18.1. The highest BCUT2D eigenvalue weighted by atomic mass is 79.9. The van der Waals surface area contributed by atoms with E-state index < -0.39 is 23.7 Å². The van der Waals surface area contributed by atoms with Crippen LogP contribution in [0.5, 0.6) is 0 Å². The number of para-hydroxylation sites is 1. The van der Waals surface area contributed by atoms with Crippen LogP contribution >= 0.6 is 27.7 Å². The summed E-state index contributed by atoms with van der Waals surface area (Å²) in [5.41, 5.74) is 2.56. The normalized spacial score (nSPS) is 17.7. The predicted octanol–water partition coefficient (Wildman–Crippen LogP) is 4.12. The third-order valence-corrected chi connectivity index (χ3v) is 6.72. The van der Waals surface area contributed by atoms with Crippen molar-refractivity contribution < 1.29 is 19.1 Å². The fourth-order valence-corrected chi connectivity index (χ4v) is 4.92. The second-order valence-corrected chi connectivity index (χ2v) is 9.13. The minimum absolute atomic E-state index is 0.0209. The molecule has 3 rings (SSSR count). The molecule has 1 heterocycles. The lowest BCUT2D eigenvalue weighted by molar-refractivity contribution is -0.150. The number of benzene rings is 2. The second kappa shape index (κ2) is 11.2. The molecular formula is C24H22BrN3O4S. The summed E-state index contributed by atoms with van der Waals surface area (Å²) in [4.78, 5) is 37.9. The Kier molecular flexibility index (Phi) is 8.31. The van der Waals surface area contributed by atoms with E-state index >= 15 is 0 Å². The van der Waals surface area contributed by atoms with Gasteiger partial charge in [-0.2, -0.15) is 5.26 Å². The Morgan fingerprint density at radius 1 is 1.24 bits per heavy atom. The van der Waals surface area contributed by atoms with Gasteiger partial charge >= 0.3 is 5.97 Å². The second-order valence-electron chi connectivity index (χ2n) is 7.22. The maximum atomic E-state index is 12.9. The van der Waals surface area contributed by atoms with E-state index in [-0.39, 0.29) is 22.3 Å². The van der Waals surface area contributed by atoms with Crippen LogP contribution in [0.2, 0.25) is 0 Å². The monoisotopic (exact) mass is 527 g/mol. The number of esters is 1. The molecule has 1 aliphatic heterocycles. The minimum atomic E-state index is -1.21. The first-order valence-electron chi connectivity index (χ1n) is 10.2. The van der Waals surface area contributed by atoms with Crippen molar-refractivity contribution in [2.24, 2.45) is 5.92 Å². The summed E-state index contributed by atoms with van der Waals surface area (Å²) in [6.45, 7) is 2.00. The van der Waals surface area contributed by atoms with Crippen LogP contribution in [0.25, 0.3) is 0 Å². The molecule has 7 nitrogen and oxygen atoms in total. The number of nitrogens with zero attached hydrogens (tertiary/aromatic N) is 1. The number of nitriles is 1. The molecule has 170 valence electrons. The standard InChI is InChI=1S/C24H22BrN3O4S/c1-3-14-7-4-5-10-18(14)27-19(29)13-33-23-17(12-26)20(15-8-6-9-16(25)11-15)21(22(30)28-23)24(31)32-2/h4-11,20-21H,3,13H2,1-2H3,(H,27,29)(H,28,30)/t20-,21-/m1/s1. The highest BCUT2D eigenvalue weighted by molar-refractivity contribution is 9.10. The van der Waals surface area contributed by atoms with Crippen molar-refractivity contribution in [3.05, 3.63) is 74.7 Å². The fourth-order valence-electron chi connectivity index (χ4n) is 3.65. The topological polar surface area (TPSA) is 108 Å². The number of nitrogens with one attached hydrogen (secondary N) is 2. The van der Waals surface area contributed by atoms with E-state index in [1.807, 2.05) is 37.3 Å². The van der Waals surface area contributed by atoms with E-state index in [0.717, 1.165) is 33.9 Å². The number of aryl methyl sites for hydroxylation is 1. The molecular weight excluding hydrogens is 506 g/mol. The predicted molar refractivity (Wildman–Crippen MR) is 130 cm³/mol. The summed E-state index contributed by atoms with van der Waals surface area (Å²) < 4.78 is 5.59. The average molecular weight is 528 g/mol. The van der Waals surface area contributed by atoms with Crippen molar-refractivity contribution >= 4 is 51.2 Å². The molecule has 0 aromatic heterocycles. The number of ether oxygens (including phenoxy) is 1. The first-order valence-corrected chi connectivity index (χ1v) is 12.0. The molecule has 9 heteroatoms. The highest BCUT2D eigenvalue weighted by Crippen LogP contribution is 2.40. The maximum Gasteiger partial charge on any atom is 0.319 e. The van der Waals surface area contributed by atoms with Crippen LogP contribution in [0.3, 0.4) is 0 Å². The molecule has 2 atom stereocenters. The molecule has 2 N–H and O–H groups in total. The third-order valence-electron chi connectivity index (χ3n) is 5.21. The Morgan fingerprint density at radius 3 is 2.67 bits per heavy atom. The molecule has 2 aromatic carbocycles. The van der Waals surface area contributed by atoms with Crippen molar-refractivity contribution in [3.63, 3.8) is 0 Å². The Bertz CT molecular complexity index is 1160. The number of allylic oxidation sites excluding steroid dienone is 1. The van der Waals surface area contributed by atoms with Gasteiger partial charge in [0.05, 0.1) is 29.5 Å². The summed E-state index contributed by atoms with van der Waals surface area (Å²) in [7, 11) is 1.20. The fraction of sp³-hybridized carbons (Fsp3) is 0.250. The zero-order valence-corrected chi connectivity index (χ0v) is 20.5. The lowest BCUT2D eigenvalue weighted by Gasteiger charge is -2.31. The van der Waals surface area contributed by atoms with E-state index in [1.165, 1.54) is 7.11 Å². The lowest BCUT2D eigenvalue weighted by Crippen LogP contribution is -2.44. The molecule has 0 radical (unpaired) electrons. The summed E-state index contributed by atoms with van der Waals surface area (Å²) in [5, 5.41) is 15.7.